The molecule has 1 unspecified atom stereocenters. The van der Waals surface area contributed by atoms with Gasteiger partial charge in [-0.1, -0.05) is 19.6 Å². The fraction of sp³-hybridized carbons (Fsp3) is 0.444. The lowest BCUT2D eigenvalue weighted by molar-refractivity contribution is -0.223. The van der Waals surface area contributed by atoms with Crippen molar-refractivity contribution >= 4 is 14.0 Å². The summed E-state index contributed by atoms with van der Waals surface area (Å²) < 4.78 is 56.7. The van der Waals surface area contributed by atoms with Gasteiger partial charge in [-0.05, 0) is 56.3 Å². The molecule has 2 aromatic heterocycles. The van der Waals surface area contributed by atoms with E-state index >= 15 is 0 Å². The van der Waals surface area contributed by atoms with Gasteiger partial charge in [0.2, 0.25) is 0 Å². The van der Waals surface area contributed by atoms with Crippen molar-refractivity contribution in [2.45, 2.75) is 51.8 Å². The molecule has 0 radical (unpaired) electrons. The monoisotopic (exact) mass is 549 g/mol. The standard InChI is InChI=1S/C27H34F3N3O4Si/c1-26(2,25(34)35-3)17-37-20-10-7-18(8-11-20)21-12-9-19(15-31-21)24-32-16-22(33-24)23(27(28,29)30)36-13-14-38(4,5)6/h7-12,15-16,23H,13-14,17H2,1-6H3,(H,32,33). The molecule has 2 heterocycles. The van der Waals surface area contributed by atoms with Crippen molar-refractivity contribution in [1.29, 1.82) is 0 Å². The molecule has 0 spiro atoms. The van der Waals surface area contributed by atoms with E-state index in [1.54, 1.807) is 44.3 Å². The van der Waals surface area contributed by atoms with Crippen LogP contribution in [0, 0.1) is 5.41 Å². The zero-order chi connectivity index (χ0) is 28.1. The van der Waals surface area contributed by atoms with Gasteiger partial charge in [0.05, 0.1) is 30.1 Å². The molecule has 0 bridgehead atoms. The SMILES string of the molecule is COC(=O)C(C)(C)COc1ccc(-c2ccc(-c3ncc(C(OCC[Si](C)(C)C)C(F)(F)F)[nH]3)cn2)cc1. The molecule has 0 saturated carbocycles. The highest BCUT2D eigenvalue weighted by Crippen LogP contribution is 2.36. The first kappa shape index (κ1) is 29.4. The molecule has 7 nitrogen and oxygen atoms in total. The number of esters is 1. The van der Waals surface area contributed by atoms with Gasteiger partial charge in [0.25, 0.3) is 0 Å². The average molecular weight is 550 g/mol. The molecule has 3 aromatic rings. The number of hydrogen-bond donors (Lipinski definition) is 1. The number of methoxy groups -OCH3 is 1. The Morgan fingerprint density at radius 1 is 1.00 bits per heavy atom. The Balaban J connectivity index is 1.68. The molecular formula is C27H34F3N3O4Si. The molecule has 3 rings (SSSR count). The van der Waals surface area contributed by atoms with E-state index in [1.807, 2.05) is 12.1 Å². The van der Waals surface area contributed by atoms with E-state index in [-0.39, 0.29) is 30.7 Å². The van der Waals surface area contributed by atoms with Crippen LogP contribution in [0.1, 0.15) is 25.6 Å². The van der Waals surface area contributed by atoms with Gasteiger partial charge in [0.1, 0.15) is 18.2 Å². The van der Waals surface area contributed by atoms with Gasteiger partial charge in [-0.3, -0.25) is 9.78 Å². The Kier molecular flexibility index (Phi) is 9.04. The van der Waals surface area contributed by atoms with Gasteiger partial charge in [-0.25, -0.2) is 4.98 Å². The molecule has 0 aliphatic rings. The first-order valence-corrected chi connectivity index (χ1v) is 15.9. The number of H-pyrrole nitrogens is 1. The third-order valence-electron chi connectivity index (χ3n) is 5.84. The van der Waals surface area contributed by atoms with Crippen molar-refractivity contribution < 1.29 is 32.2 Å². The van der Waals surface area contributed by atoms with Crippen LogP contribution in [0.25, 0.3) is 22.6 Å². The van der Waals surface area contributed by atoms with Crippen LogP contribution in [0.5, 0.6) is 5.75 Å². The van der Waals surface area contributed by atoms with Crippen LogP contribution in [0.15, 0.2) is 48.8 Å². The molecule has 0 saturated heterocycles. The van der Waals surface area contributed by atoms with E-state index in [0.29, 0.717) is 23.1 Å². The second-order valence-corrected chi connectivity index (χ2v) is 16.5. The summed E-state index contributed by atoms with van der Waals surface area (Å²) >= 11 is 0. The Morgan fingerprint density at radius 3 is 2.21 bits per heavy atom. The Bertz CT molecular complexity index is 1200. The second kappa shape index (κ2) is 11.7. The normalized spacial score (nSPS) is 13.3. The first-order chi connectivity index (χ1) is 17.7. The highest BCUT2D eigenvalue weighted by Gasteiger charge is 2.43. The van der Waals surface area contributed by atoms with E-state index in [9.17, 15) is 18.0 Å². The minimum Gasteiger partial charge on any atom is -0.492 e. The van der Waals surface area contributed by atoms with Crippen LogP contribution in [0.3, 0.4) is 0 Å². The second-order valence-electron chi connectivity index (χ2n) is 10.9. The number of ether oxygens (including phenoxy) is 3. The summed E-state index contributed by atoms with van der Waals surface area (Å²) in [6, 6.07) is 11.3. The van der Waals surface area contributed by atoms with E-state index in [4.69, 9.17) is 14.2 Å². The van der Waals surface area contributed by atoms with Crippen LogP contribution >= 0.6 is 0 Å². The summed E-state index contributed by atoms with van der Waals surface area (Å²) in [7, 11) is -0.197. The van der Waals surface area contributed by atoms with Crippen LogP contribution in [-0.4, -0.2) is 55.5 Å². The smallest absolute Gasteiger partial charge is 0.420 e. The number of rotatable bonds is 11. The highest BCUT2D eigenvalue weighted by molar-refractivity contribution is 6.76. The molecule has 1 atom stereocenters. The third kappa shape index (κ3) is 7.91. The number of nitrogens with zero attached hydrogens (tertiary/aromatic N) is 2. The highest BCUT2D eigenvalue weighted by atomic mass is 28.3. The number of carbonyl (C=O) groups excluding carboxylic acids is 1. The van der Waals surface area contributed by atoms with Gasteiger partial charge >= 0.3 is 12.1 Å². The predicted molar refractivity (Wildman–Crippen MR) is 141 cm³/mol. The van der Waals surface area contributed by atoms with Gasteiger partial charge in [0, 0.05) is 32.0 Å². The summed E-state index contributed by atoms with van der Waals surface area (Å²) in [5.74, 6) is 0.515. The number of carbonyl (C=O) groups is 1. The van der Waals surface area contributed by atoms with Crippen molar-refractivity contribution in [3.63, 3.8) is 0 Å². The predicted octanol–water partition coefficient (Wildman–Crippen LogP) is 6.67. The lowest BCUT2D eigenvalue weighted by Crippen LogP contribution is -2.32. The summed E-state index contributed by atoms with van der Waals surface area (Å²) in [5.41, 5.74) is 1.12. The molecule has 0 fully saturated rings. The summed E-state index contributed by atoms with van der Waals surface area (Å²) in [4.78, 5) is 23.1. The average Bonchev–Trinajstić information content (AvgIpc) is 3.33. The summed E-state index contributed by atoms with van der Waals surface area (Å²) in [6.07, 6.45) is -3.91. The number of halogens is 3. The van der Waals surface area contributed by atoms with Crippen LogP contribution < -0.4 is 4.74 Å². The van der Waals surface area contributed by atoms with E-state index in [1.165, 1.54) is 7.11 Å². The molecule has 206 valence electrons. The van der Waals surface area contributed by atoms with Gasteiger partial charge < -0.3 is 19.2 Å². The molecule has 38 heavy (non-hydrogen) atoms. The molecule has 11 heteroatoms. The van der Waals surface area contributed by atoms with Crippen LogP contribution in [-0.2, 0) is 14.3 Å². The number of pyridine rings is 1. The lowest BCUT2D eigenvalue weighted by Gasteiger charge is -2.22. The van der Waals surface area contributed by atoms with Crippen molar-refractivity contribution in [3.8, 4) is 28.4 Å². The van der Waals surface area contributed by atoms with Crippen molar-refractivity contribution in [1.82, 2.24) is 15.0 Å². The Morgan fingerprint density at radius 2 is 1.66 bits per heavy atom. The van der Waals surface area contributed by atoms with Crippen molar-refractivity contribution in [3.05, 3.63) is 54.5 Å². The van der Waals surface area contributed by atoms with E-state index in [2.05, 4.69) is 34.6 Å². The van der Waals surface area contributed by atoms with Gasteiger partial charge in [0.15, 0.2) is 6.10 Å². The maximum atomic E-state index is 13.7. The van der Waals surface area contributed by atoms with Gasteiger partial charge in [-0.2, -0.15) is 13.2 Å². The topological polar surface area (TPSA) is 86.3 Å². The minimum absolute atomic E-state index is 0.0391. The zero-order valence-corrected chi connectivity index (χ0v) is 23.5. The molecule has 0 aliphatic carbocycles. The molecule has 1 aromatic carbocycles. The maximum Gasteiger partial charge on any atom is 0.420 e. The number of hydrogen-bond acceptors (Lipinski definition) is 6. The Labute approximate surface area is 221 Å². The fourth-order valence-corrected chi connectivity index (χ4v) is 4.21. The molecule has 1 N–H and O–H groups in total. The first-order valence-electron chi connectivity index (χ1n) is 12.2. The number of nitrogens with one attached hydrogen (secondary N) is 1. The minimum atomic E-state index is -4.56. The summed E-state index contributed by atoms with van der Waals surface area (Å²) in [6.45, 7) is 9.94. The maximum absolute atomic E-state index is 13.7. The quantitative estimate of drug-likeness (QED) is 0.212. The van der Waals surface area contributed by atoms with Crippen LogP contribution in [0.4, 0.5) is 13.2 Å². The molecule has 0 aliphatic heterocycles. The third-order valence-corrected chi connectivity index (χ3v) is 7.54. The van der Waals surface area contributed by atoms with Gasteiger partial charge in [-0.15, -0.1) is 0 Å². The number of imidazole rings is 1. The van der Waals surface area contributed by atoms with Crippen LogP contribution in [0.2, 0.25) is 25.7 Å². The van der Waals surface area contributed by atoms with E-state index < -0.39 is 25.8 Å². The molecule has 0 amide bonds. The lowest BCUT2D eigenvalue weighted by atomic mass is 9.95. The zero-order valence-electron chi connectivity index (χ0n) is 22.5. The Hall–Kier alpha value is -3.18. The fourth-order valence-electron chi connectivity index (χ4n) is 3.48. The number of aromatic amines is 1. The number of aromatic nitrogens is 3. The van der Waals surface area contributed by atoms with Crippen molar-refractivity contribution in [2.75, 3.05) is 20.3 Å². The molecular weight excluding hydrogens is 515 g/mol. The number of benzene rings is 1. The number of alkyl halides is 3. The largest absolute Gasteiger partial charge is 0.492 e. The van der Waals surface area contributed by atoms with E-state index in [0.717, 1.165) is 11.8 Å². The van der Waals surface area contributed by atoms with Crippen molar-refractivity contribution in [2.24, 2.45) is 5.41 Å². The summed E-state index contributed by atoms with van der Waals surface area (Å²) in [5, 5.41) is 0.